The third-order valence-electron chi connectivity index (χ3n) is 4.18. The van der Waals surface area contributed by atoms with Crippen molar-refractivity contribution < 1.29 is 14.6 Å². The van der Waals surface area contributed by atoms with Crippen LogP contribution in [0.3, 0.4) is 0 Å². The SMILES string of the molecule is O=C(NC(CO)c1ccccc1)NC1CCCOc2ccccc21. The minimum atomic E-state index is -0.427. The van der Waals surface area contributed by atoms with E-state index in [-0.39, 0.29) is 18.7 Å². The van der Waals surface area contributed by atoms with Crippen LogP contribution in [0.25, 0.3) is 0 Å². The molecule has 0 spiro atoms. The van der Waals surface area contributed by atoms with Crippen LogP contribution in [0, 0.1) is 0 Å². The molecule has 126 valence electrons. The van der Waals surface area contributed by atoms with Gasteiger partial charge in [-0.05, 0) is 24.5 Å². The minimum absolute atomic E-state index is 0.0983. The molecule has 1 aliphatic heterocycles. The predicted molar refractivity (Wildman–Crippen MR) is 91.8 cm³/mol. The fourth-order valence-electron chi connectivity index (χ4n) is 2.95. The van der Waals surface area contributed by atoms with Crippen molar-refractivity contribution in [2.75, 3.05) is 13.2 Å². The van der Waals surface area contributed by atoms with Gasteiger partial charge in [0.2, 0.25) is 0 Å². The molecule has 0 aliphatic carbocycles. The van der Waals surface area contributed by atoms with Crippen LogP contribution in [-0.2, 0) is 0 Å². The number of nitrogens with one attached hydrogen (secondary N) is 2. The lowest BCUT2D eigenvalue weighted by molar-refractivity contribution is 0.213. The second kappa shape index (κ2) is 7.84. The predicted octanol–water partition coefficient (Wildman–Crippen LogP) is 2.93. The zero-order valence-corrected chi connectivity index (χ0v) is 13.4. The first kappa shape index (κ1) is 16.3. The molecule has 1 heterocycles. The molecule has 2 unspecified atom stereocenters. The van der Waals surface area contributed by atoms with Gasteiger partial charge in [-0.2, -0.15) is 0 Å². The van der Waals surface area contributed by atoms with Crippen molar-refractivity contribution in [3.8, 4) is 5.75 Å². The van der Waals surface area contributed by atoms with Crippen molar-refractivity contribution in [3.63, 3.8) is 0 Å². The number of aliphatic hydroxyl groups excluding tert-OH is 1. The summed E-state index contributed by atoms with van der Waals surface area (Å²) in [7, 11) is 0. The third kappa shape index (κ3) is 3.86. The molecule has 1 aliphatic rings. The maximum Gasteiger partial charge on any atom is 0.315 e. The number of benzene rings is 2. The second-order valence-corrected chi connectivity index (χ2v) is 5.84. The molecular formula is C19H22N2O3. The van der Waals surface area contributed by atoms with Gasteiger partial charge in [0.15, 0.2) is 0 Å². The Balaban J connectivity index is 1.68. The molecule has 2 aromatic carbocycles. The summed E-state index contributed by atoms with van der Waals surface area (Å²) < 4.78 is 5.72. The van der Waals surface area contributed by atoms with E-state index in [1.807, 2.05) is 54.6 Å². The van der Waals surface area contributed by atoms with Crippen LogP contribution in [-0.4, -0.2) is 24.4 Å². The molecule has 3 N–H and O–H groups in total. The Bertz CT molecular complexity index is 675. The number of hydrogen-bond acceptors (Lipinski definition) is 3. The molecule has 2 atom stereocenters. The Morgan fingerprint density at radius 1 is 1.17 bits per heavy atom. The van der Waals surface area contributed by atoms with Crippen molar-refractivity contribution in [3.05, 3.63) is 65.7 Å². The van der Waals surface area contributed by atoms with E-state index in [1.165, 1.54) is 0 Å². The summed E-state index contributed by atoms with van der Waals surface area (Å²) in [4.78, 5) is 12.4. The number of aliphatic hydroxyl groups is 1. The van der Waals surface area contributed by atoms with Crippen molar-refractivity contribution >= 4 is 6.03 Å². The number of rotatable bonds is 4. The molecule has 0 saturated heterocycles. The Kier molecular flexibility index (Phi) is 5.33. The first-order chi connectivity index (χ1) is 11.8. The normalized spacial score (nSPS) is 17.8. The van der Waals surface area contributed by atoms with Gasteiger partial charge < -0.3 is 20.5 Å². The number of carbonyl (C=O) groups excluding carboxylic acids is 1. The van der Waals surface area contributed by atoms with Gasteiger partial charge in [0, 0.05) is 5.56 Å². The van der Waals surface area contributed by atoms with Crippen LogP contribution in [0.15, 0.2) is 54.6 Å². The Morgan fingerprint density at radius 3 is 2.71 bits per heavy atom. The lowest BCUT2D eigenvalue weighted by atomic mass is 10.0. The summed E-state index contributed by atoms with van der Waals surface area (Å²) in [5, 5.41) is 15.4. The van der Waals surface area contributed by atoms with Crippen molar-refractivity contribution in [1.82, 2.24) is 10.6 Å². The average molecular weight is 326 g/mol. The number of ether oxygens (including phenoxy) is 1. The van der Waals surface area contributed by atoms with Crippen LogP contribution in [0.4, 0.5) is 4.79 Å². The van der Waals surface area contributed by atoms with E-state index in [4.69, 9.17) is 4.74 Å². The summed E-state index contributed by atoms with van der Waals surface area (Å²) in [5.41, 5.74) is 1.87. The van der Waals surface area contributed by atoms with Gasteiger partial charge in [-0.15, -0.1) is 0 Å². The first-order valence-electron chi connectivity index (χ1n) is 8.22. The molecule has 0 aromatic heterocycles. The number of hydrogen-bond donors (Lipinski definition) is 3. The number of amides is 2. The zero-order valence-electron chi connectivity index (χ0n) is 13.4. The molecule has 5 nitrogen and oxygen atoms in total. The van der Waals surface area contributed by atoms with E-state index in [0.29, 0.717) is 6.61 Å². The Hall–Kier alpha value is -2.53. The molecule has 0 bridgehead atoms. The highest BCUT2D eigenvalue weighted by Gasteiger charge is 2.22. The molecule has 2 aromatic rings. The number of para-hydroxylation sites is 1. The van der Waals surface area contributed by atoms with Crippen LogP contribution in [0.2, 0.25) is 0 Å². The van der Waals surface area contributed by atoms with Gasteiger partial charge >= 0.3 is 6.03 Å². The molecule has 3 rings (SSSR count). The molecule has 0 fully saturated rings. The smallest absolute Gasteiger partial charge is 0.315 e. The minimum Gasteiger partial charge on any atom is -0.493 e. The molecule has 2 amide bonds. The van der Waals surface area contributed by atoms with E-state index in [2.05, 4.69) is 10.6 Å². The number of urea groups is 1. The Morgan fingerprint density at radius 2 is 1.92 bits per heavy atom. The van der Waals surface area contributed by atoms with Gasteiger partial charge in [-0.25, -0.2) is 4.79 Å². The molecule has 5 heteroatoms. The zero-order chi connectivity index (χ0) is 16.8. The maximum atomic E-state index is 12.4. The van der Waals surface area contributed by atoms with E-state index in [1.54, 1.807) is 0 Å². The summed E-state index contributed by atoms with van der Waals surface area (Å²) in [6, 6.07) is 16.4. The van der Waals surface area contributed by atoms with E-state index < -0.39 is 6.04 Å². The topological polar surface area (TPSA) is 70.6 Å². The van der Waals surface area contributed by atoms with E-state index in [0.717, 1.165) is 29.7 Å². The largest absolute Gasteiger partial charge is 0.493 e. The average Bonchev–Trinajstić information content (AvgIpc) is 2.83. The standard InChI is InChI=1S/C19H22N2O3/c22-13-17(14-7-2-1-3-8-14)21-19(23)20-16-10-6-12-24-18-11-5-4-9-15(16)18/h1-5,7-9,11,16-17,22H,6,10,12-13H2,(H2,20,21,23). The van der Waals surface area contributed by atoms with Crippen molar-refractivity contribution in [2.24, 2.45) is 0 Å². The number of carbonyl (C=O) groups is 1. The molecular weight excluding hydrogens is 304 g/mol. The summed E-state index contributed by atoms with van der Waals surface area (Å²) >= 11 is 0. The first-order valence-corrected chi connectivity index (χ1v) is 8.22. The lowest BCUT2D eigenvalue weighted by Gasteiger charge is -2.22. The summed E-state index contributed by atoms with van der Waals surface area (Å²) in [6.45, 7) is 0.502. The highest BCUT2D eigenvalue weighted by atomic mass is 16.5. The van der Waals surface area contributed by atoms with Gasteiger partial charge in [0.1, 0.15) is 5.75 Å². The van der Waals surface area contributed by atoms with Gasteiger partial charge in [-0.3, -0.25) is 0 Å². The van der Waals surface area contributed by atoms with E-state index in [9.17, 15) is 9.90 Å². The Labute approximate surface area is 141 Å². The van der Waals surface area contributed by atoms with Crippen LogP contribution < -0.4 is 15.4 Å². The van der Waals surface area contributed by atoms with Crippen LogP contribution in [0.5, 0.6) is 5.75 Å². The van der Waals surface area contributed by atoms with Crippen molar-refractivity contribution in [2.45, 2.75) is 24.9 Å². The molecule has 0 radical (unpaired) electrons. The monoisotopic (exact) mass is 326 g/mol. The highest BCUT2D eigenvalue weighted by Crippen LogP contribution is 2.31. The lowest BCUT2D eigenvalue weighted by Crippen LogP contribution is -2.41. The van der Waals surface area contributed by atoms with Gasteiger partial charge in [0.25, 0.3) is 0 Å². The third-order valence-corrected chi connectivity index (χ3v) is 4.18. The van der Waals surface area contributed by atoms with Crippen molar-refractivity contribution in [1.29, 1.82) is 0 Å². The number of fused-ring (bicyclic) bond motifs is 1. The molecule has 0 saturated carbocycles. The second-order valence-electron chi connectivity index (χ2n) is 5.84. The fourth-order valence-corrected chi connectivity index (χ4v) is 2.95. The van der Waals surface area contributed by atoms with Crippen LogP contribution in [0.1, 0.15) is 36.1 Å². The van der Waals surface area contributed by atoms with E-state index >= 15 is 0 Å². The summed E-state index contributed by atoms with van der Waals surface area (Å²) in [5.74, 6) is 0.821. The summed E-state index contributed by atoms with van der Waals surface area (Å²) in [6.07, 6.45) is 1.70. The quantitative estimate of drug-likeness (QED) is 0.809. The fraction of sp³-hybridized carbons (Fsp3) is 0.316. The van der Waals surface area contributed by atoms with Crippen LogP contribution >= 0.6 is 0 Å². The maximum absolute atomic E-state index is 12.4. The molecule has 24 heavy (non-hydrogen) atoms. The van der Waals surface area contributed by atoms with Gasteiger partial charge in [0.05, 0.1) is 25.3 Å². The van der Waals surface area contributed by atoms with Gasteiger partial charge in [-0.1, -0.05) is 48.5 Å². The highest BCUT2D eigenvalue weighted by molar-refractivity contribution is 5.75.